The monoisotopic (exact) mass is 326 g/mol. The number of thiophene rings is 1. The Morgan fingerprint density at radius 2 is 1.88 bits per heavy atom. The molecule has 0 unspecified atom stereocenters. The lowest BCUT2D eigenvalue weighted by Gasteiger charge is -2.01. The van der Waals surface area contributed by atoms with E-state index in [1.165, 1.54) is 37.0 Å². The predicted octanol–water partition coefficient (Wildman–Crippen LogP) is 4.31. The lowest BCUT2D eigenvalue weighted by atomic mass is 10.0. The number of aromatic nitrogens is 3. The molecule has 0 bridgehead atoms. The van der Waals surface area contributed by atoms with Gasteiger partial charge in [0.25, 0.3) is 0 Å². The van der Waals surface area contributed by atoms with Crippen molar-refractivity contribution in [3.8, 4) is 11.3 Å². The fourth-order valence-electron chi connectivity index (χ4n) is 3.83. The number of rotatable bonds is 0. The molecule has 0 N–H and O–H groups in total. The predicted molar refractivity (Wildman–Crippen MR) is 97.2 cm³/mol. The van der Waals surface area contributed by atoms with Gasteiger partial charge in [-0.3, -0.25) is 0 Å². The molecule has 2 aromatic carbocycles. The summed E-state index contributed by atoms with van der Waals surface area (Å²) in [5.74, 6) is 0. The van der Waals surface area contributed by atoms with E-state index in [2.05, 4.69) is 50.9 Å². The average molecular weight is 326 g/mol. The van der Waals surface area contributed by atoms with Crippen LogP contribution < -0.4 is 4.57 Å². The van der Waals surface area contributed by atoms with Crippen LogP contribution >= 0.6 is 11.3 Å². The molecule has 0 saturated carbocycles. The zero-order valence-corrected chi connectivity index (χ0v) is 13.5. The fourth-order valence-corrected chi connectivity index (χ4v) is 4.94. The molecule has 112 valence electrons. The lowest BCUT2D eigenvalue weighted by Crippen LogP contribution is -2.34. The number of benzene rings is 2. The largest absolute Gasteiger partial charge is 0.349 e. The zero-order chi connectivity index (χ0) is 15.7. The number of hydrogen-bond acceptors (Lipinski definition) is 3. The minimum atomic E-state index is 0.862. The van der Waals surface area contributed by atoms with Gasteiger partial charge in [0.2, 0.25) is 0 Å². The molecule has 0 fully saturated rings. The second-order valence-electron chi connectivity index (χ2n) is 6.15. The summed E-state index contributed by atoms with van der Waals surface area (Å²) in [6.45, 7) is 0.862. The SMILES string of the molecule is c1cnc2c(c1)ncc1[n+]2Cc2ccc3sc4ccccc4c3c2-1. The second kappa shape index (κ2) is 4.36. The Labute approximate surface area is 141 Å². The maximum absolute atomic E-state index is 4.64. The first-order valence-corrected chi connectivity index (χ1v) is 8.79. The molecular formula is C20H12N3S+. The van der Waals surface area contributed by atoms with Crippen molar-refractivity contribution in [1.82, 2.24) is 9.97 Å². The van der Waals surface area contributed by atoms with Gasteiger partial charge in [-0.2, -0.15) is 0 Å². The van der Waals surface area contributed by atoms with Crippen LogP contribution in [-0.2, 0) is 6.54 Å². The highest BCUT2D eigenvalue weighted by atomic mass is 32.1. The molecule has 0 spiro atoms. The number of nitrogens with zero attached hydrogens (tertiary/aromatic N) is 3. The molecule has 4 heteroatoms. The molecule has 4 heterocycles. The maximum atomic E-state index is 4.64. The van der Waals surface area contributed by atoms with Gasteiger partial charge >= 0.3 is 5.65 Å². The molecule has 3 nitrogen and oxygen atoms in total. The van der Waals surface area contributed by atoms with Gasteiger partial charge in [0, 0.05) is 31.3 Å². The zero-order valence-electron chi connectivity index (χ0n) is 12.7. The van der Waals surface area contributed by atoms with Gasteiger partial charge in [-0.1, -0.05) is 24.3 Å². The minimum absolute atomic E-state index is 0.862. The Hall–Kier alpha value is -2.85. The molecule has 1 aliphatic rings. The average Bonchev–Trinajstić information content (AvgIpc) is 3.19. The lowest BCUT2D eigenvalue weighted by molar-refractivity contribution is -0.648. The van der Waals surface area contributed by atoms with Gasteiger partial charge in [-0.15, -0.1) is 11.3 Å². The molecule has 0 saturated heterocycles. The molecule has 6 rings (SSSR count). The first-order chi connectivity index (χ1) is 11.9. The third kappa shape index (κ3) is 1.49. The molecule has 0 radical (unpaired) electrons. The summed E-state index contributed by atoms with van der Waals surface area (Å²) in [6, 6.07) is 17.1. The van der Waals surface area contributed by atoms with E-state index in [0.717, 1.165) is 17.7 Å². The van der Waals surface area contributed by atoms with Crippen molar-refractivity contribution in [2.45, 2.75) is 6.54 Å². The molecule has 0 atom stereocenters. The molecule has 0 amide bonds. The summed E-state index contributed by atoms with van der Waals surface area (Å²) < 4.78 is 4.97. The highest BCUT2D eigenvalue weighted by Crippen LogP contribution is 2.42. The van der Waals surface area contributed by atoms with Crippen molar-refractivity contribution < 1.29 is 4.57 Å². The van der Waals surface area contributed by atoms with Crippen LogP contribution in [-0.4, -0.2) is 9.97 Å². The fraction of sp³-hybridized carbons (Fsp3) is 0.0500. The van der Waals surface area contributed by atoms with Crippen LogP contribution in [0.15, 0.2) is 60.9 Å². The summed E-state index contributed by atoms with van der Waals surface area (Å²) in [4.78, 5) is 9.21. The van der Waals surface area contributed by atoms with Crippen molar-refractivity contribution in [2.24, 2.45) is 0 Å². The highest BCUT2D eigenvalue weighted by molar-refractivity contribution is 7.25. The van der Waals surface area contributed by atoms with E-state index in [0.29, 0.717) is 0 Å². The first kappa shape index (κ1) is 12.6. The Morgan fingerprint density at radius 1 is 0.917 bits per heavy atom. The Kier molecular flexibility index (Phi) is 2.28. The van der Waals surface area contributed by atoms with Crippen LogP contribution in [0, 0.1) is 0 Å². The Morgan fingerprint density at radius 3 is 2.88 bits per heavy atom. The van der Waals surface area contributed by atoms with E-state index in [9.17, 15) is 0 Å². The smallest absolute Gasteiger partial charge is 0.244 e. The topological polar surface area (TPSA) is 29.7 Å². The van der Waals surface area contributed by atoms with E-state index in [-0.39, 0.29) is 0 Å². The van der Waals surface area contributed by atoms with Gasteiger partial charge in [0.15, 0.2) is 11.2 Å². The number of pyridine rings is 1. The van der Waals surface area contributed by atoms with Crippen LogP contribution in [0.25, 0.3) is 42.6 Å². The standard InChI is InChI=1S/C20H12N3S/c1-2-6-16-13(4-1)19-17(24-16)8-7-12-11-23-15(18(12)19)10-22-14-5-3-9-21-20(14)23/h1-10H,11H2/q+1. The van der Waals surface area contributed by atoms with Crippen LogP contribution in [0.3, 0.4) is 0 Å². The maximum Gasteiger partial charge on any atom is 0.349 e. The Bertz CT molecular complexity index is 1290. The van der Waals surface area contributed by atoms with E-state index in [1.807, 2.05) is 35.9 Å². The van der Waals surface area contributed by atoms with Crippen molar-refractivity contribution in [1.29, 1.82) is 0 Å². The van der Waals surface area contributed by atoms with E-state index < -0.39 is 0 Å². The van der Waals surface area contributed by atoms with E-state index in [1.54, 1.807) is 0 Å². The molecule has 1 aliphatic heterocycles. The first-order valence-electron chi connectivity index (χ1n) is 7.97. The van der Waals surface area contributed by atoms with Crippen LogP contribution in [0.4, 0.5) is 0 Å². The summed E-state index contributed by atoms with van der Waals surface area (Å²) in [5, 5.41) is 2.69. The van der Waals surface area contributed by atoms with Crippen molar-refractivity contribution >= 4 is 42.7 Å². The van der Waals surface area contributed by atoms with Gasteiger partial charge in [-0.25, -0.2) is 9.55 Å². The molecule has 5 aromatic rings. The molecule has 24 heavy (non-hydrogen) atoms. The third-order valence-electron chi connectivity index (χ3n) is 4.85. The Balaban J connectivity index is 1.81. The van der Waals surface area contributed by atoms with Gasteiger partial charge < -0.3 is 0 Å². The number of hydrogen-bond donors (Lipinski definition) is 0. The number of fused-ring (bicyclic) bond motifs is 9. The van der Waals surface area contributed by atoms with Crippen LogP contribution in [0.5, 0.6) is 0 Å². The summed E-state index contributed by atoms with van der Waals surface area (Å²) in [5.41, 5.74) is 5.75. The van der Waals surface area contributed by atoms with E-state index in [4.69, 9.17) is 0 Å². The molecule has 3 aromatic heterocycles. The summed E-state index contributed by atoms with van der Waals surface area (Å²) in [6.07, 6.45) is 3.84. The van der Waals surface area contributed by atoms with Crippen molar-refractivity contribution in [3.63, 3.8) is 0 Å². The normalized spacial score (nSPS) is 12.8. The van der Waals surface area contributed by atoms with Crippen molar-refractivity contribution in [2.75, 3.05) is 0 Å². The van der Waals surface area contributed by atoms with Gasteiger partial charge in [-0.05, 0) is 29.2 Å². The molecule has 0 aliphatic carbocycles. The van der Waals surface area contributed by atoms with Gasteiger partial charge in [0.1, 0.15) is 12.7 Å². The summed E-state index contributed by atoms with van der Waals surface area (Å²) >= 11 is 1.86. The molecular weight excluding hydrogens is 314 g/mol. The van der Waals surface area contributed by atoms with Crippen LogP contribution in [0.2, 0.25) is 0 Å². The summed E-state index contributed by atoms with van der Waals surface area (Å²) in [7, 11) is 0. The van der Waals surface area contributed by atoms with Gasteiger partial charge in [0.05, 0.1) is 6.20 Å². The van der Waals surface area contributed by atoms with E-state index >= 15 is 0 Å². The quantitative estimate of drug-likeness (QED) is 0.389. The minimum Gasteiger partial charge on any atom is -0.244 e. The third-order valence-corrected chi connectivity index (χ3v) is 5.99. The van der Waals surface area contributed by atoms with Crippen LogP contribution in [0.1, 0.15) is 5.56 Å². The van der Waals surface area contributed by atoms with Crippen molar-refractivity contribution in [3.05, 3.63) is 66.5 Å². The highest BCUT2D eigenvalue weighted by Gasteiger charge is 2.29. The second-order valence-corrected chi connectivity index (χ2v) is 7.23.